The van der Waals surface area contributed by atoms with Crippen molar-refractivity contribution in [2.75, 3.05) is 20.1 Å². The summed E-state index contributed by atoms with van der Waals surface area (Å²) in [7, 11) is 1.55. The summed E-state index contributed by atoms with van der Waals surface area (Å²) in [5.41, 5.74) is -0.926. The van der Waals surface area contributed by atoms with Crippen LogP contribution in [0.1, 0.15) is 20.8 Å². The number of hydrogen-bond acceptors (Lipinski definition) is 3. The zero-order chi connectivity index (χ0) is 11.4. The third kappa shape index (κ3) is 6.42. The molecule has 0 aliphatic rings. The van der Waals surface area contributed by atoms with Gasteiger partial charge in [0.1, 0.15) is 0 Å². The number of amides is 2. The molecule has 2 N–H and O–H groups in total. The van der Waals surface area contributed by atoms with Crippen LogP contribution in [0.2, 0.25) is 0 Å². The van der Waals surface area contributed by atoms with E-state index in [1.54, 1.807) is 20.9 Å². The fourth-order valence-electron chi connectivity index (χ4n) is 0.698. The van der Waals surface area contributed by atoms with Gasteiger partial charge in [0.15, 0.2) is 0 Å². The molecule has 0 aromatic rings. The molecule has 2 amide bonds. The number of rotatable bonds is 4. The monoisotopic (exact) mass is 202 g/mol. The summed E-state index contributed by atoms with van der Waals surface area (Å²) < 4.78 is 0. The predicted molar refractivity (Wildman–Crippen MR) is 52.6 cm³/mol. The molecule has 0 unspecified atom stereocenters. The van der Waals surface area contributed by atoms with Gasteiger partial charge in [0.2, 0.25) is 11.8 Å². The summed E-state index contributed by atoms with van der Waals surface area (Å²) in [5, 5.41) is 11.8. The third-order valence-electron chi connectivity index (χ3n) is 1.64. The first-order chi connectivity index (χ1) is 6.22. The van der Waals surface area contributed by atoms with Crippen molar-refractivity contribution in [3.63, 3.8) is 0 Å². The predicted octanol–water partition coefficient (Wildman–Crippen LogP) is -0.648. The molecule has 5 heteroatoms. The molecule has 0 aliphatic heterocycles. The number of carbonyl (C=O) groups is 2. The minimum Gasteiger partial charge on any atom is -0.389 e. The van der Waals surface area contributed by atoms with E-state index in [4.69, 9.17) is 0 Å². The van der Waals surface area contributed by atoms with Gasteiger partial charge in [-0.2, -0.15) is 0 Å². The zero-order valence-corrected chi connectivity index (χ0v) is 9.13. The minimum atomic E-state index is -0.926. The summed E-state index contributed by atoms with van der Waals surface area (Å²) >= 11 is 0. The van der Waals surface area contributed by atoms with Crippen LogP contribution < -0.4 is 5.32 Å². The highest BCUT2D eigenvalue weighted by atomic mass is 16.3. The van der Waals surface area contributed by atoms with Crippen molar-refractivity contribution in [3.8, 4) is 0 Å². The Hall–Kier alpha value is -1.10. The van der Waals surface area contributed by atoms with Gasteiger partial charge >= 0.3 is 0 Å². The van der Waals surface area contributed by atoms with Crippen LogP contribution in [0, 0.1) is 0 Å². The van der Waals surface area contributed by atoms with Crippen LogP contribution in [-0.4, -0.2) is 47.6 Å². The van der Waals surface area contributed by atoms with Crippen LogP contribution in [0.25, 0.3) is 0 Å². The fraction of sp³-hybridized carbons (Fsp3) is 0.778. The minimum absolute atomic E-state index is 0.0193. The number of hydrogen-bond donors (Lipinski definition) is 2. The average Bonchev–Trinajstić information content (AvgIpc) is 1.99. The molecule has 14 heavy (non-hydrogen) atoms. The van der Waals surface area contributed by atoms with E-state index in [1.165, 1.54) is 11.8 Å². The van der Waals surface area contributed by atoms with Crippen LogP contribution in [-0.2, 0) is 9.59 Å². The molecular weight excluding hydrogens is 184 g/mol. The van der Waals surface area contributed by atoms with E-state index in [0.29, 0.717) is 0 Å². The van der Waals surface area contributed by atoms with Crippen LogP contribution in [0.4, 0.5) is 0 Å². The topological polar surface area (TPSA) is 69.6 Å². The second-order valence-electron chi connectivity index (χ2n) is 3.96. The molecule has 0 saturated carbocycles. The Labute approximate surface area is 84.1 Å². The molecule has 82 valence electrons. The van der Waals surface area contributed by atoms with E-state index in [1.807, 2.05) is 0 Å². The van der Waals surface area contributed by atoms with Crippen molar-refractivity contribution in [1.29, 1.82) is 0 Å². The fourth-order valence-corrected chi connectivity index (χ4v) is 0.698. The third-order valence-corrected chi connectivity index (χ3v) is 1.64. The van der Waals surface area contributed by atoms with E-state index in [0.717, 1.165) is 0 Å². The highest BCUT2D eigenvalue weighted by Gasteiger charge is 2.15. The Morgan fingerprint density at radius 2 is 1.93 bits per heavy atom. The van der Waals surface area contributed by atoms with Crippen molar-refractivity contribution in [1.82, 2.24) is 10.2 Å². The number of carbonyl (C=O) groups excluding carboxylic acids is 2. The van der Waals surface area contributed by atoms with Gasteiger partial charge in [0.05, 0.1) is 12.1 Å². The Balaban J connectivity index is 3.83. The van der Waals surface area contributed by atoms with Crippen molar-refractivity contribution >= 4 is 11.8 Å². The summed E-state index contributed by atoms with van der Waals surface area (Å²) in [5.74, 6) is -0.437. The van der Waals surface area contributed by atoms with Crippen molar-refractivity contribution in [2.45, 2.75) is 26.4 Å². The Morgan fingerprint density at radius 1 is 1.43 bits per heavy atom. The lowest BCUT2D eigenvalue weighted by molar-refractivity contribution is -0.133. The first kappa shape index (κ1) is 12.9. The molecule has 0 heterocycles. The smallest absolute Gasteiger partial charge is 0.239 e. The summed E-state index contributed by atoms with van der Waals surface area (Å²) in [6.45, 7) is 4.79. The van der Waals surface area contributed by atoms with E-state index >= 15 is 0 Å². The molecule has 0 radical (unpaired) electrons. The van der Waals surface area contributed by atoms with Gasteiger partial charge in [-0.25, -0.2) is 0 Å². The van der Waals surface area contributed by atoms with Crippen molar-refractivity contribution < 1.29 is 14.7 Å². The lowest BCUT2D eigenvalue weighted by atomic mass is 10.1. The lowest BCUT2D eigenvalue weighted by Gasteiger charge is -2.19. The molecule has 0 fully saturated rings. The van der Waals surface area contributed by atoms with Gasteiger partial charge in [-0.15, -0.1) is 0 Å². The van der Waals surface area contributed by atoms with Crippen LogP contribution >= 0.6 is 0 Å². The summed E-state index contributed by atoms with van der Waals surface area (Å²) in [6.07, 6.45) is 0. The van der Waals surface area contributed by atoms with Crippen molar-refractivity contribution in [3.05, 3.63) is 0 Å². The molecule has 0 aliphatic carbocycles. The lowest BCUT2D eigenvalue weighted by Crippen LogP contribution is -2.43. The quantitative estimate of drug-likeness (QED) is 0.636. The Bertz CT molecular complexity index is 221. The Kier molecular flexibility index (Phi) is 4.56. The van der Waals surface area contributed by atoms with Gasteiger partial charge < -0.3 is 15.3 Å². The maximum Gasteiger partial charge on any atom is 0.239 e. The SMILES string of the molecule is CC(=O)N(C)CC(=O)NCC(C)(C)O. The number of nitrogens with zero attached hydrogens (tertiary/aromatic N) is 1. The molecular formula is C9H18N2O3. The van der Waals surface area contributed by atoms with E-state index in [2.05, 4.69) is 5.32 Å². The highest BCUT2D eigenvalue weighted by Crippen LogP contribution is 1.96. The van der Waals surface area contributed by atoms with Crippen molar-refractivity contribution in [2.24, 2.45) is 0 Å². The number of nitrogens with one attached hydrogen (secondary N) is 1. The van der Waals surface area contributed by atoms with E-state index in [-0.39, 0.29) is 24.9 Å². The van der Waals surface area contributed by atoms with Gasteiger partial charge in [0, 0.05) is 20.5 Å². The van der Waals surface area contributed by atoms with Gasteiger partial charge in [-0.3, -0.25) is 9.59 Å². The molecule has 0 spiro atoms. The second kappa shape index (κ2) is 4.95. The molecule has 0 atom stereocenters. The standard InChI is InChI=1S/C9H18N2O3/c1-7(12)11(4)5-8(13)10-6-9(2,3)14/h14H,5-6H2,1-4H3,(H,10,13). The molecule has 0 saturated heterocycles. The molecule has 0 aromatic heterocycles. The molecule has 5 nitrogen and oxygen atoms in total. The molecule has 0 aromatic carbocycles. The second-order valence-corrected chi connectivity index (χ2v) is 3.96. The van der Waals surface area contributed by atoms with E-state index < -0.39 is 5.60 Å². The zero-order valence-electron chi connectivity index (χ0n) is 9.13. The largest absolute Gasteiger partial charge is 0.389 e. The van der Waals surface area contributed by atoms with Gasteiger partial charge in [0.25, 0.3) is 0 Å². The van der Waals surface area contributed by atoms with Crippen LogP contribution in [0.5, 0.6) is 0 Å². The molecule has 0 bridgehead atoms. The maximum atomic E-state index is 11.2. The number of aliphatic hydroxyl groups is 1. The summed E-state index contributed by atoms with van der Waals surface area (Å²) in [6, 6.07) is 0. The highest BCUT2D eigenvalue weighted by molar-refractivity contribution is 5.83. The first-order valence-electron chi connectivity index (χ1n) is 4.43. The molecule has 0 rings (SSSR count). The number of likely N-dealkylation sites (N-methyl/N-ethyl adjacent to an activating group) is 1. The van der Waals surface area contributed by atoms with E-state index in [9.17, 15) is 14.7 Å². The average molecular weight is 202 g/mol. The van der Waals surface area contributed by atoms with Gasteiger partial charge in [-0.1, -0.05) is 0 Å². The first-order valence-corrected chi connectivity index (χ1v) is 4.43. The van der Waals surface area contributed by atoms with Crippen LogP contribution in [0.3, 0.4) is 0 Å². The summed E-state index contributed by atoms with van der Waals surface area (Å²) in [4.78, 5) is 23.3. The maximum absolute atomic E-state index is 11.2. The normalized spacial score (nSPS) is 10.9. The van der Waals surface area contributed by atoms with Gasteiger partial charge in [-0.05, 0) is 13.8 Å². The Morgan fingerprint density at radius 3 is 2.29 bits per heavy atom. The van der Waals surface area contributed by atoms with Crippen LogP contribution in [0.15, 0.2) is 0 Å².